The van der Waals surface area contributed by atoms with Gasteiger partial charge in [0.2, 0.25) is 0 Å². The molecule has 6 heteroatoms. The van der Waals surface area contributed by atoms with E-state index in [2.05, 4.69) is 42.3 Å². The summed E-state index contributed by atoms with van der Waals surface area (Å²) in [6.45, 7) is 8.06. The van der Waals surface area contributed by atoms with Gasteiger partial charge in [-0.25, -0.2) is 0 Å². The molecule has 2 atom stereocenters. The van der Waals surface area contributed by atoms with Gasteiger partial charge >= 0.3 is 0 Å². The van der Waals surface area contributed by atoms with Crippen LogP contribution in [0.3, 0.4) is 0 Å². The van der Waals surface area contributed by atoms with E-state index in [0.717, 1.165) is 41.0 Å². The number of amides is 2. The van der Waals surface area contributed by atoms with Crippen LogP contribution in [-0.4, -0.2) is 41.2 Å². The molecular formula is C35H40N2O3S. The van der Waals surface area contributed by atoms with Crippen LogP contribution >= 0.6 is 11.8 Å². The summed E-state index contributed by atoms with van der Waals surface area (Å²) in [6.07, 6.45) is 7.36. The van der Waals surface area contributed by atoms with Gasteiger partial charge in [-0.3, -0.25) is 9.59 Å². The first-order valence-corrected chi connectivity index (χ1v) is 15.6. The van der Waals surface area contributed by atoms with Crippen LogP contribution in [0.4, 0.5) is 0 Å². The molecule has 1 saturated carbocycles. The van der Waals surface area contributed by atoms with Gasteiger partial charge in [0.15, 0.2) is 0 Å². The number of nitrogens with one attached hydrogen (secondary N) is 1. The number of aryl methyl sites for hydroxylation is 2. The van der Waals surface area contributed by atoms with Crippen molar-refractivity contribution in [2.45, 2.75) is 70.7 Å². The Morgan fingerprint density at radius 3 is 2.54 bits per heavy atom. The highest BCUT2D eigenvalue weighted by atomic mass is 32.2. The Hall–Kier alpha value is -3.51. The van der Waals surface area contributed by atoms with Gasteiger partial charge in [0.1, 0.15) is 5.75 Å². The van der Waals surface area contributed by atoms with Crippen LogP contribution in [0.2, 0.25) is 0 Å². The molecule has 1 heterocycles. The average Bonchev–Trinajstić information content (AvgIpc) is 2.98. The topological polar surface area (TPSA) is 58.6 Å². The zero-order valence-corrected chi connectivity index (χ0v) is 25.1. The molecule has 2 fully saturated rings. The van der Waals surface area contributed by atoms with Crippen molar-refractivity contribution in [3.63, 3.8) is 0 Å². The monoisotopic (exact) mass is 568 g/mol. The maximum Gasteiger partial charge on any atom is 0.260 e. The second kappa shape index (κ2) is 13.4. The molecule has 1 aliphatic heterocycles. The fraction of sp³-hybridized carbons (Fsp3) is 0.371. The van der Waals surface area contributed by atoms with E-state index < -0.39 is 0 Å². The van der Waals surface area contributed by atoms with Gasteiger partial charge in [-0.05, 0) is 92.6 Å². The molecule has 3 aromatic carbocycles. The molecule has 2 amide bonds. The number of fused-ring (bicyclic) bond motifs is 1. The quantitative estimate of drug-likeness (QED) is 0.280. The highest BCUT2D eigenvalue weighted by Gasteiger charge is 2.40. The first kappa shape index (κ1) is 29.0. The van der Waals surface area contributed by atoms with Gasteiger partial charge in [-0.2, -0.15) is 0 Å². The minimum Gasteiger partial charge on any atom is -0.494 e. The molecule has 0 aromatic heterocycles. The Kier molecular flexibility index (Phi) is 9.50. The molecule has 5 nitrogen and oxygen atoms in total. The second-order valence-corrected chi connectivity index (χ2v) is 12.4. The van der Waals surface area contributed by atoms with E-state index in [4.69, 9.17) is 4.74 Å². The van der Waals surface area contributed by atoms with Gasteiger partial charge in [-0.15, -0.1) is 11.8 Å². The number of nitrogens with zero attached hydrogens (tertiary/aromatic N) is 1. The SMILES string of the molecule is CCOc1ccc(CCNC(=O)c2ccc(/C=C3\SC4CCCCC4N(Cc4cc(C)ccc4C)C3=O)cc2)cc1. The summed E-state index contributed by atoms with van der Waals surface area (Å²) >= 11 is 1.75. The Morgan fingerprint density at radius 2 is 1.78 bits per heavy atom. The summed E-state index contributed by atoms with van der Waals surface area (Å²) < 4.78 is 5.49. The van der Waals surface area contributed by atoms with Crippen LogP contribution in [0.5, 0.6) is 5.75 Å². The van der Waals surface area contributed by atoms with Crippen molar-refractivity contribution in [3.8, 4) is 5.75 Å². The molecule has 41 heavy (non-hydrogen) atoms. The maximum absolute atomic E-state index is 13.8. The summed E-state index contributed by atoms with van der Waals surface area (Å²) in [7, 11) is 0. The van der Waals surface area contributed by atoms with Crippen molar-refractivity contribution in [1.82, 2.24) is 10.2 Å². The third-order valence-corrected chi connectivity index (χ3v) is 9.47. The Bertz CT molecular complexity index is 1400. The van der Waals surface area contributed by atoms with Gasteiger partial charge in [0.05, 0.1) is 11.5 Å². The van der Waals surface area contributed by atoms with Crippen LogP contribution in [0.15, 0.2) is 71.6 Å². The molecule has 214 valence electrons. The number of ether oxygens (including phenoxy) is 1. The zero-order chi connectivity index (χ0) is 28.8. The first-order chi connectivity index (χ1) is 19.9. The lowest BCUT2D eigenvalue weighted by atomic mass is 9.92. The van der Waals surface area contributed by atoms with Crippen LogP contribution in [0.1, 0.15) is 70.8 Å². The van der Waals surface area contributed by atoms with Gasteiger partial charge < -0.3 is 15.0 Å². The van der Waals surface area contributed by atoms with Crippen molar-refractivity contribution >= 4 is 29.7 Å². The summed E-state index contributed by atoms with van der Waals surface area (Å²) in [5.41, 5.74) is 6.38. The van der Waals surface area contributed by atoms with Crippen LogP contribution in [-0.2, 0) is 17.8 Å². The third-order valence-electron chi connectivity index (χ3n) is 8.07. The number of carbonyl (C=O) groups excluding carboxylic acids is 2. The second-order valence-electron chi connectivity index (χ2n) is 11.1. The molecule has 2 aliphatic rings. The van der Waals surface area contributed by atoms with Crippen molar-refractivity contribution in [2.75, 3.05) is 13.2 Å². The normalized spacial score (nSPS) is 19.6. The number of benzene rings is 3. The molecule has 0 bridgehead atoms. The highest BCUT2D eigenvalue weighted by molar-refractivity contribution is 8.04. The molecule has 1 N–H and O–H groups in total. The standard InChI is InChI=1S/C35H40N2O3S/c1-4-40-30-17-13-26(14-18-30)19-20-36-34(38)28-15-11-27(12-16-28)22-33-35(39)37(31-7-5-6-8-32(31)41-33)23-29-21-24(2)9-10-25(29)3/h9-18,21-22,31-32H,4-8,19-20,23H2,1-3H3,(H,36,38)/b33-22-. The lowest BCUT2D eigenvalue weighted by molar-refractivity contribution is -0.130. The van der Waals surface area contributed by atoms with E-state index in [1.807, 2.05) is 61.5 Å². The van der Waals surface area contributed by atoms with Crippen molar-refractivity contribution in [2.24, 2.45) is 0 Å². The maximum atomic E-state index is 13.8. The lowest BCUT2D eigenvalue weighted by Crippen LogP contribution is -2.50. The summed E-state index contributed by atoms with van der Waals surface area (Å²) in [6, 6.07) is 22.3. The van der Waals surface area contributed by atoms with Gasteiger partial charge in [0.25, 0.3) is 11.8 Å². The summed E-state index contributed by atoms with van der Waals surface area (Å²) in [5.74, 6) is 0.884. The van der Waals surface area contributed by atoms with Crippen LogP contribution in [0.25, 0.3) is 6.08 Å². The molecular weight excluding hydrogens is 528 g/mol. The van der Waals surface area contributed by atoms with Crippen LogP contribution < -0.4 is 10.1 Å². The summed E-state index contributed by atoms with van der Waals surface area (Å²) in [4.78, 5) is 29.5. The molecule has 3 aromatic rings. The van der Waals surface area contributed by atoms with Crippen molar-refractivity contribution in [1.29, 1.82) is 0 Å². The predicted molar refractivity (Wildman–Crippen MR) is 168 cm³/mol. The summed E-state index contributed by atoms with van der Waals surface area (Å²) in [5, 5.41) is 3.44. The van der Waals surface area contributed by atoms with Crippen molar-refractivity contribution < 1.29 is 14.3 Å². The van der Waals surface area contributed by atoms with Gasteiger partial charge in [-0.1, -0.05) is 60.9 Å². The Labute approximate surface area is 248 Å². The minimum atomic E-state index is -0.0944. The molecule has 0 radical (unpaired) electrons. The Balaban J connectivity index is 1.24. The number of carbonyl (C=O) groups is 2. The third kappa shape index (κ3) is 7.23. The van der Waals surface area contributed by atoms with E-state index in [0.29, 0.717) is 30.5 Å². The lowest BCUT2D eigenvalue weighted by Gasteiger charge is -2.44. The number of thioether (sulfide) groups is 1. The minimum absolute atomic E-state index is 0.0944. The molecule has 1 aliphatic carbocycles. The zero-order valence-electron chi connectivity index (χ0n) is 24.3. The van der Waals surface area contributed by atoms with Crippen LogP contribution in [0, 0.1) is 13.8 Å². The number of hydrogen-bond acceptors (Lipinski definition) is 4. The Morgan fingerprint density at radius 1 is 1.02 bits per heavy atom. The van der Waals surface area contributed by atoms with E-state index in [-0.39, 0.29) is 17.9 Å². The molecule has 0 spiro atoms. The predicted octanol–water partition coefficient (Wildman–Crippen LogP) is 7.10. The van der Waals surface area contributed by atoms with E-state index in [9.17, 15) is 9.59 Å². The fourth-order valence-corrected chi connectivity index (χ4v) is 7.21. The van der Waals surface area contributed by atoms with Gasteiger partial charge in [0, 0.05) is 29.9 Å². The fourth-order valence-electron chi connectivity index (χ4n) is 5.74. The molecule has 5 rings (SSSR count). The van der Waals surface area contributed by atoms with E-state index in [1.54, 1.807) is 11.8 Å². The average molecular weight is 569 g/mol. The number of rotatable bonds is 9. The van der Waals surface area contributed by atoms with E-state index in [1.165, 1.54) is 29.5 Å². The highest BCUT2D eigenvalue weighted by Crippen LogP contribution is 2.43. The molecule has 2 unspecified atom stereocenters. The smallest absolute Gasteiger partial charge is 0.260 e. The van der Waals surface area contributed by atoms with E-state index >= 15 is 0 Å². The largest absolute Gasteiger partial charge is 0.494 e. The number of hydrogen-bond donors (Lipinski definition) is 1. The first-order valence-electron chi connectivity index (χ1n) is 14.8. The van der Waals surface area contributed by atoms with Crippen molar-refractivity contribution in [3.05, 3.63) is 105 Å². The molecule has 1 saturated heterocycles.